The van der Waals surface area contributed by atoms with Crippen LogP contribution in [-0.2, 0) is 16.6 Å². The summed E-state index contributed by atoms with van der Waals surface area (Å²) in [5.41, 5.74) is -0.715. The molecule has 0 amide bonds. The van der Waals surface area contributed by atoms with Crippen LogP contribution in [-0.4, -0.2) is 31.7 Å². The molecule has 1 fully saturated rings. The lowest BCUT2D eigenvalue weighted by atomic mass is 10.0. The van der Waals surface area contributed by atoms with E-state index < -0.39 is 15.6 Å². The molecule has 0 saturated heterocycles. The number of rotatable bonds is 8. The smallest absolute Gasteiger partial charge is 0.274 e. The highest BCUT2D eigenvalue weighted by Gasteiger charge is 2.28. The van der Waals surface area contributed by atoms with Gasteiger partial charge in [0.05, 0.1) is 6.54 Å². The summed E-state index contributed by atoms with van der Waals surface area (Å²) in [4.78, 5) is 0. The summed E-state index contributed by atoms with van der Waals surface area (Å²) in [6.45, 7) is 3.91. The summed E-state index contributed by atoms with van der Waals surface area (Å²) in [7, 11) is -3.70. The Morgan fingerprint density at radius 3 is 2.70 bits per heavy atom. The Labute approximate surface area is 119 Å². The number of aliphatic hydroxyl groups excluding tert-OH is 1. The van der Waals surface area contributed by atoms with Gasteiger partial charge in [0, 0.05) is 18.2 Å². The summed E-state index contributed by atoms with van der Waals surface area (Å²) in [6.07, 6.45) is 2.68. The maximum absolute atomic E-state index is 12.2. The molecule has 1 aliphatic carbocycles. The molecule has 7 heteroatoms. The molecule has 1 aromatic heterocycles. The van der Waals surface area contributed by atoms with Crippen molar-refractivity contribution in [2.75, 3.05) is 6.61 Å². The van der Waals surface area contributed by atoms with Gasteiger partial charge in [-0.05, 0) is 45.2 Å². The minimum Gasteiger partial charge on any atom is -0.447 e. The lowest BCUT2D eigenvalue weighted by Gasteiger charge is -2.24. The average molecular weight is 302 g/mol. The average Bonchev–Trinajstić information content (AvgIpc) is 3.01. The molecule has 0 radical (unpaired) electrons. The zero-order chi connectivity index (χ0) is 14.8. The van der Waals surface area contributed by atoms with Crippen molar-refractivity contribution in [2.45, 2.75) is 56.3 Å². The van der Waals surface area contributed by atoms with Gasteiger partial charge in [0.2, 0.25) is 5.09 Å². The monoisotopic (exact) mass is 302 g/mol. The minimum atomic E-state index is -3.70. The third kappa shape index (κ3) is 4.31. The van der Waals surface area contributed by atoms with Gasteiger partial charge in [-0.2, -0.15) is 0 Å². The second-order valence-corrected chi connectivity index (χ2v) is 7.45. The largest absolute Gasteiger partial charge is 0.447 e. The zero-order valence-corrected chi connectivity index (χ0v) is 12.7. The predicted octanol–water partition coefficient (Wildman–Crippen LogP) is 0.971. The lowest BCUT2D eigenvalue weighted by Crippen LogP contribution is -2.43. The van der Waals surface area contributed by atoms with Gasteiger partial charge in [-0.25, -0.2) is 13.1 Å². The quantitative estimate of drug-likeness (QED) is 0.665. The van der Waals surface area contributed by atoms with E-state index in [-0.39, 0.29) is 11.7 Å². The fourth-order valence-electron chi connectivity index (χ4n) is 1.87. The number of aliphatic hydroxyl groups is 1. The van der Waals surface area contributed by atoms with Crippen LogP contribution in [0.4, 0.5) is 0 Å². The van der Waals surface area contributed by atoms with Gasteiger partial charge in [-0.15, -0.1) is 0 Å². The first-order valence-corrected chi connectivity index (χ1v) is 8.28. The highest BCUT2D eigenvalue weighted by Crippen LogP contribution is 2.21. The Balaban J connectivity index is 2.01. The molecular formula is C13H22N2O4S. The summed E-state index contributed by atoms with van der Waals surface area (Å²) >= 11 is 0. The first-order valence-electron chi connectivity index (χ1n) is 6.79. The molecule has 0 aliphatic heterocycles. The van der Waals surface area contributed by atoms with Crippen LogP contribution in [0.25, 0.3) is 0 Å². The normalized spacial score (nSPS) is 16.6. The van der Waals surface area contributed by atoms with Crippen molar-refractivity contribution in [3.63, 3.8) is 0 Å². The molecule has 0 aromatic carbocycles. The van der Waals surface area contributed by atoms with Crippen molar-refractivity contribution in [1.82, 2.24) is 10.0 Å². The molecule has 1 aromatic rings. The number of hydrogen-bond acceptors (Lipinski definition) is 5. The molecule has 1 aliphatic rings. The van der Waals surface area contributed by atoms with E-state index in [9.17, 15) is 8.42 Å². The topological polar surface area (TPSA) is 91.6 Å². The van der Waals surface area contributed by atoms with Crippen LogP contribution < -0.4 is 10.0 Å². The van der Waals surface area contributed by atoms with E-state index in [4.69, 9.17) is 9.52 Å². The fraction of sp³-hybridized carbons (Fsp3) is 0.692. The Hall–Kier alpha value is -0.890. The molecule has 20 heavy (non-hydrogen) atoms. The second kappa shape index (κ2) is 5.85. The van der Waals surface area contributed by atoms with Gasteiger partial charge >= 0.3 is 0 Å². The van der Waals surface area contributed by atoms with Crippen molar-refractivity contribution < 1.29 is 17.9 Å². The Morgan fingerprint density at radius 2 is 2.10 bits per heavy atom. The first-order chi connectivity index (χ1) is 9.32. The molecule has 3 N–H and O–H groups in total. The van der Waals surface area contributed by atoms with Crippen LogP contribution in [0.15, 0.2) is 21.6 Å². The lowest BCUT2D eigenvalue weighted by molar-refractivity contribution is 0.245. The predicted molar refractivity (Wildman–Crippen MR) is 74.7 cm³/mol. The van der Waals surface area contributed by atoms with Crippen molar-refractivity contribution in [1.29, 1.82) is 0 Å². The zero-order valence-electron chi connectivity index (χ0n) is 11.8. The van der Waals surface area contributed by atoms with Crippen LogP contribution in [0.3, 0.4) is 0 Å². The second-order valence-electron chi connectivity index (χ2n) is 5.84. The number of nitrogens with one attached hydrogen (secondary N) is 2. The van der Waals surface area contributed by atoms with Crippen LogP contribution in [0.1, 0.15) is 38.9 Å². The fourth-order valence-corrected chi connectivity index (χ4v) is 3.27. The van der Waals surface area contributed by atoms with Gasteiger partial charge in [0.25, 0.3) is 10.0 Å². The molecule has 0 spiro atoms. The number of hydrogen-bond donors (Lipinski definition) is 3. The Bertz CT molecular complexity index is 546. The van der Waals surface area contributed by atoms with Gasteiger partial charge in [0.1, 0.15) is 5.76 Å². The third-order valence-electron chi connectivity index (χ3n) is 3.19. The van der Waals surface area contributed by atoms with E-state index in [1.165, 1.54) is 18.9 Å². The van der Waals surface area contributed by atoms with Gasteiger partial charge in [0.15, 0.2) is 0 Å². The third-order valence-corrected chi connectivity index (χ3v) is 4.76. The Kier molecular flexibility index (Phi) is 4.53. The molecule has 1 heterocycles. The van der Waals surface area contributed by atoms with E-state index in [0.29, 0.717) is 24.8 Å². The summed E-state index contributed by atoms with van der Waals surface area (Å²) in [5, 5.41) is 12.1. The Morgan fingerprint density at radius 1 is 1.40 bits per heavy atom. The van der Waals surface area contributed by atoms with E-state index >= 15 is 0 Å². The number of furan rings is 1. The maximum atomic E-state index is 12.2. The molecule has 114 valence electrons. The van der Waals surface area contributed by atoms with Gasteiger partial charge < -0.3 is 14.8 Å². The van der Waals surface area contributed by atoms with Gasteiger partial charge in [-0.3, -0.25) is 0 Å². The summed E-state index contributed by atoms with van der Waals surface area (Å²) in [6, 6.07) is 3.67. The van der Waals surface area contributed by atoms with Gasteiger partial charge in [-0.1, -0.05) is 0 Å². The molecule has 2 rings (SSSR count). The maximum Gasteiger partial charge on any atom is 0.274 e. The molecule has 6 nitrogen and oxygen atoms in total. The first kappa shape index (κ1) is 15.5. The summed E-state index contributed by atoms with van der Waals surface area (Å²) in [5.74, 6) is 0.609. The molecule has 1 saturated carbocycles. The van der Waals surface area contributed by atoms with Crippen molar-refractivity contribution >= 4 is 10.0 Å². The SMILES string of the molecule is CC(C)(CCO)NS(=O)(=O)c1ccc(CNC2CC2)o1. The molecule has 0 bridgehead atoms. The van der Waals surface area contributed by atoms with Crippen molar-refractivity contribution in [3.8, 4) is 0 Å². The molecular weight excluding hydrogens is 280 g/mol. The van der Waals surface area contributed by atoms with E-state index in [1.54, 1.807) is 19.9 Å². The summed E-state index contributed by atoms with van der Waals surface area (Å²) < 4.78 is 32.3. The molecule has 0 unspecified atom stereocenters. The standard InChI is InChI=1S/C13H22N2O4S/c1-13(2,7-8-16)15-20(17,18)12-6-5-11(19-12)9-14-10-3-4-10/h5-6,10,14-16H,3-4,7-9H2,1-2H3. The van der Waals surface area contributed by atoms with Crippen molar-refractivity contribution in [3.05, 3.63) is 17.9 Å². The van der Waals surface area contributed by atoms with E-state index in [2.05, 4.69) is 10.0 Å². The van der Waals surface area contributed by atoms with Crippen LogP contribution in [0.2, 0.25) is 0 Å². The van der Waals surface area contributed by atoms with Crippen LogP contribution >= 0.6 is 0 Å². The molecule has 0 atom stereocenters. The highest BCUT2D eigenvalue weighted by atomic mass is 32.2. The van der Waals surface area contributed by atoms with Crippen molar-refractivity contribution in [2.24, 2.45) is 0 Å². The number of sulfonamides is 1. The van der Waals surface area contributed by atoms with E-state index in [0.717, 1.165) is 0 Å². The van der Waals surface area contributed by atoms with Crippen LogP contribution in [0.5, 0.6) is 0 Å². The highest BCUT2D eigenvalue weighted by molar-refractivity contribution is 7.89. The van der Waals surface area contributed by atoms with E-state index in [1.807, 2.05) is 0 Å². The van der Waals surface area contributed by atoms with Crippen LogP contribution in [0, 0.1) is 0 Å². The minimum absolute atomic E-state index is 0.0791.